The molecule has 0 aromatic heterocycles. The van der Waals surface area contributed by atoms with Gasteiger partial charge in [0.15, 0.2) is 16.6 Å². The van der Waals surface area contributed by atoms with E-state index in [9.17, 15) is 19.5 Å². The van der Waals surface area contributed by atoms with Crippen LogP contribution in [0.3, 0.4) is 0 Å². The molecule has 2 aromatic rings. The van der Waals surface area contributed by atoms with Gasteiger partial charge in [-0.15, -0.1) is 0 Å². The molecule has 1 heterocycles. The summed E-state index contributed by atoms with van der Waals surface area (Å²) in [5, 5.41) is 11.6. The first-order chi connectivity index (χ1) is 15.7. The SMILES string of the molecule is CCC(C)Oc1c(Br)cc(C=C2C(=O)NC(=S)N(c3cccc(C(=O)O)c3)C2=O)cc1OC. The third-order valence-corrected chi connectivity index (χ3v) is 5.78. The Bertz CT molecular complexity index is 1180. The summed E-state index contributed by atoms with van der Waals surface area (Å²) in [7, 11) is 1.50. The number of hydrogen-bond donors (Lipinski definition) is 2. The maximum absolute atomic E-state index is 13.2. The Balaban J connectivity index is 2.02. The number of benzene rings is 2. The van der Waals surface area contributed by atoms with Gasteiger partial charge in [0, 0.05) is 0 Å². The standard InChI is InChI=1S/C23H21BrN2O6S/c1-4-12(2)32-19-17(24)9-13(10-18(19)31-3)8-16-20(27)25-23(33)26(21(16)28)15-7-5-6-14(11-15)22(29)30/h5-12H,4H2,1-3H3,(H,29,30)(H,25,27,33). The van der Waals surface area contributed by atoms with Crippen molar-refractivity contribution in [2.75, 3.05) is 12.0 Å². The number of anilines is 1. The zero-order chi connectivity index (χ0) is 24.3. The van der Waals surface area contributed by atoms with E-state index in [1.54, 1.807) is 12.1 Å². The lowest BCUT2D eigenvalue weighted by Gasteiger charge is -2.29. The van der Waals surface area contributed by atoms with Gasteiger partial charge in [0.2, 0.25) is 0 Å². The van der Waals surface area contributed by atoms with Crippen LogP contribution in [0.15, 0.2) is 46.4 Å². The second kappa shape index (κ2) is 10.1. The summed E-state index contributed by atoms with van der Waals surface area (Å²) in [6.07, 6.45) is 2.17. The predicted octanol–water partition coefficient (Wildman–Crippen LogP) is 4.16. The molecule has 33 heavy (non-hydrogen) atoms. The highest BCUT2D eigenvalue weighted by molar-refractivity contribution is 9.10. The van der Waals surface area contributed by atoms with Gasteiger partial charge in [-0.1, -0.05) is 13.0 Å². The molecule has 0 bridgehead atoms. The van der Waals surface area contributed by atoms with Crippen LogP contribution in [0.5, 0.6) is 11.5 Å². The fraction of sp³-hybridized carbons (Fsp3) is 0.217. The molecule has 172 valence electrons. The van der Waals surface area contributed by atoms with E-state index >= 15 is 0 Å². The van der Waals surface area contributed by atoms with E-state index in [1.165, 1.54) is 37.5 Å². The number of carboxylic acids is 1. The second-order valence-electron chi connectivity index (χ2n) is 7.18. The number of aromatic carboxylic acids is 1. The first-order valence-electron chi connectivity index (χ1n) is 9.95. The number of halogens is 1. The molecule has 1 fully saturated rings. The fourth-order valence-electron chi connectivity index (χ4n) is 3.06. The lowest BCUT2D eigenvalue weighted by Crippen LogP contribution is -2.54. The molecule has 0 spiro atoms. The number of amides is 2. The molecular weight excluding hydrogens is 512 g/mol. The minimum Gasteiger partial charge on any atom is -0.493 e. The Morgan fingerprint density at radius 3 is 2.67 bits per heavy atom. The Morgan fingerprint density at radius 1 is 1.30 bits per heavy atom. The van der Waals surface area contributed by atoms with E-state index < -0.39 is 17.8 Å². The highest BCUT2D eigenvalue weighted by Gasteiger charge is 2.34. The highest BCUT2D eigenvalue weighted by atomic mass is 79.9. The molecule has 2 aromatic carbocycles. The van der Waals surface area contributed by atoms with Crippen LogP contribution in [0.25, 0.3) is 6.08 Å². The van der Waals surface area contributed by atoms with Gasteiger partial charge in [0.1, 0.15) is 5.57 Å². The molecule has 3 rings (SSSR count). The summed E-state index contributed by atoms with van der Waals surface area (Å²) in [6, 6.07) is 9.08. The van der Waals surface area contributed by atoms with Gasteiger partial charge in [0.05, 0.1) is 28.9 Å². The first-order valence-corrected chi connectivity index (χ1v) is 11.1. The van der Waals surface area contributed by atoms with Crippen LogP contribution in [-0.4, -0.2) is 41.2 Å². The van der Waals surface area contributed by atoms with Crippen molar-refractivity contribution in [3.63, 3.8) is 0 Å². The van der Waals surface area contributed by atoms with Gasteiger partial charge in [-0.2, -0.15) is 0 Å². The van der Waals surface area contributed by atoms with Gasteiger partial charge in [0.25, 0.3) is 11.8 Å². The van der Waals surface area contributed by atoms with E-state index in [-0.39, 0.29) is 28.0 Å². The number of nitrogens with one attached hydrogen (secondary N) is 1. The summed E-state index contributed by atoms with van der Waals surface area (Å²) >= 11 is 8.64. The minimum atomic E-state index is -1.15. The van der Waals surface area contributed by atoms with Crippen molar-refractivity contribution in [3.8, 4) is 11.5 Å². The van der Waals surface area contributed by atoms with Crippen LogP contribution in [0.2, 0.25) is 0 Å². The van der Waals surface area contributed by atoms with Crippen LogP contribution in [0, 0.1) is 0 Å². The van der Waals surface area contributed by atoms with Crippen molar-refractivity contribution in [2.24, 2.45) is 0 Å². The van der Waals surface area contributed by atoms with Crippen molar-refractivity contribution in [3.05, 3.63) is 57.6 Å². The third kappa shape index (κ3) is 5.23. The average Bonchev–Trinajstić information content (AvgIpc) is 2.78. The molecule has 8 nitrogen and oxygen atoms in total. The highest BCUT2D eigenvalue weighted by Crippen LogP contribution is 2.38. The van der Waals surface area contributed by atoms with Gasteiger partial charge in [-0.3, -0.25) is 19.8 Å². The Hall–Kier alpha value is -3.24. The molecule has 2 N–H and O–H groups in total. The molecule has 0 radical (unpaired) electrons. The van der Waals surface area contributed by atoms with Crippen LogP contribution in [0.1, 0.15) is 36.2 Å². The van der Waals surface area contributed by atoms with Crippen LogP contribution in [-0.2, 0) is 9.59 Å². The van der Waals surface area contributed by atoms with Crippen molar-refractivity contribution in [1.82, 2.24) is 5.32 Å². The lowest BCUT2D eigenvalue weighted by molar-refractivity contribution is -0.122. The molecule has 1 aliphatic heterocycles. The molecule has 1 aliphatic rings. The van der Waals surface area contributed by atoms with E-state index in [0.29, 0.717) is 21.5 Å². The van der Waals surface area contributed by atoms with Crippen molar-refractivity contribution >= 4 is 62.8 Å². The van der Waals surface area contributed by atoms with Crippen LogP contribution in [0.4, 0.5) is 5.69 Å². The van der Waals surface area contributed by atoms with E-state index in [0.717, 1.165) is 11.3 Å². The number of carbonyl (C=O) groups is 3. The zero-order valence-electron chi connectivity index (χ0n) is 18.0. The topological polar surface area (TPSA) is 105 Å². The van der Waals surface area contributed by atoms with Crippen LogP contribution >= 0.6 is 28.1 Å². The zero-order valence-corrected chi connectivity index (χ0v) is 20.5. The average molecular weight is 533 g/mol. The minimum absolute atomic E-state index is 0.0175. The molecule has 1 atom stereocenters. The second-order valence-corrected chi connectivity index (χ2v) is 8.43. The van der Waals surface area contributed by atoms with Crippen molar-refractivity contribution < 1.29 is 29.0 Å². The van der Waals surface area contributed by atoms with Gasteiger partial charge >= 0.3 is 5.97 Å². The maximum atomic E-state index is 13.2. The monoisotopic (exact) mass is 532 g/mol. The van der Waals surface area contributed by atoms with E-state index in [2.05, 4.69) is 21.2 Å². The number of carboxylic acid groups (broad SMARTS) is 1. The molecule has 1 unspecified atom stereocenters. The Labute approximate surface area is 204 Å². The van der Waals surface area contributed by atoms with Gasteiger partial charge < -0.3 is 14.6 Å². The van der Waals surface area contributed by atoms with Crippen molar-refractivity contribution in [1.29, 1.82) is 0 Å². The number of carbonyl (C=O) groups excluding carboxylic acids is 2. The molecular formula is C23H21BrN2O6S. The molecule has 0 aliphatic carbocycles. The number of hydrogen-bond acceptors (Lipinski definition) is 6. The normalized spacial score (nSPS) is 15.9. The molecule has 0 saturated carbocycles. The quantitative estimate of drug-likeness (QED) is 0.313. The Kier molecular flexibility index (Phi) is 7.50. The number of methoxy groups -OCH3 is 1. The third-order valence-electron chi connectivity index (χ3n) is 4.91. The summed E-state index contributed by atoms with van der Waals surface area (Å²) in [6.45, 7) is 3.93. The smallest absolute Gasteiger partial charge is 0.335 e. The molecule has 10 heteroatoms. The lowest BCUT2D eigenvalue weighted by atomic mass is 10.1. The predicted molar refractivity (Wildman–Crippen MR) is 131 cm³/mol. The first kappa shape index (κ1) is 24.4. The van der Waals surface area contributed by atoms with Gasteiger partial charge in [-0.05, 0) is 83.5 Å². The summed E-state index contributed by atoms with van der Waals surface area (Å²) < 4.78 is 11.9. The number of rotatable bonds is 7. The van der Waals surface area contributed by atoms with Crippen LogP contribution < -0.4 is 19.7 Å². The summed E-state index contributed by atoms with van der Waals surface area (Å²) in [4.78, 5) is 38.2. The molecule has 1 saturated heterocycles. The van der Waals surface area contributed by atoms with Gasteiger partial charge in [-0.25, -0.2) is 4.79 Å². The largest absolute Gasteiger partial charge is 0.493 e. The number of ether oxygens (including phenoxy) is 2. The molecule has 2 amide bonds. The maximum Gasteiger partial charge on any atom is 0.335 e. The fourth-order valence-corrected chi connectivity index (χ4v) is 3.89. The number of nitrogens with zero attached hydrogens (tertiary/aromatic N) is 1. The van der Waals surface area contributed by atoms with Crippen molar-refractivity contribution in [2.45, 2.75) is 26.4 Å². The van der Waals surface area contributed by atoms with E-state index in [1.807, 2.05) is 13.8 Å². The summed E-state index contributed by atoms with van der Waals surface area (Å²) in [5.41, 5.74) is 0.553. The number of thiocarbonyl (C=S) groups is 1. The summed E-state index contributed by atoms with van der Waals surface area (Å²) in [5.74, 6) is -1.54. The Morgan fingerprint density at radius 2 is 2.03 bits per heavy atom. The van der Waals surface area contributed by atoms with E-state index in [4.69, 9.17) is 21.7 Å².